The van der Waals surface area contributed by atoms with Gasteiger partial charge in [0.1, 0.15) is 5.69 Å². The number of carbonyl (C=O) groups is 3. The van der Waals surface area contributed by atoms with Crippen LogP contribution in [0.2, 0.25) is 0 Å². The fourth-order valence-electron chi connectivity index (χ4n) is 4.62. The molecule has 2 unspecified atom stereocenters. The number of nitrogens with zero attached hydrogens (tertiary/aromatic N) is 4. The number of aromatic nitrogens is 1. The van der Waals surface area contributed by atoms with Gasteiger partial charge in [0.25, 0.3) is 5.91 Å². The summed E-state index contributed by atoms with van der Waals surface area (Å²) in [6.45, 7) is 4.44. The molecule has 2 N–H and O–H groups in total. The van der Waals surface area contributed by atoms with Crippen LogP contribution >= 0.6 is 11.3 Å². The largest absolute Gasteiger partial charge is 0.365 e. The smallest absolute Gasteiger partial charge is 0.321 e. The van der Waals surface area contributed by atoms with Gasteiger partial charge in [-0.2, -0.15) is 4.39 Å². The third-order valence-electron chi connectivity index (χ3n) is 6.58. The van der Waals surface area contributed by atoms with Crippen molar-refractivity contribution in [1.82, 2.24) is 20.1 Å². The van der Waals surface area contributed by atoms with E-state index in [1.54, 1.807) is 24.1 Å². The second-order valence-electron chi connectivity index (χ2n) is 8.60. The molecule has 2 bridgehead atoms. The van der Waals surface area contributed by atoms with Crippen LogP contribution in [0, 0.1) is 5.95 Å². The zero-order valence-corrected chi connectivity index (χ0v) is 20.3. The lowest BCUT2D eigenvalue weighted by molar-refractivity contribution is 0.0956. The van der Waals surface area contributed by atoms with E-state index in [1.807, 2.05) is 17.9 Å². The maximum Gasteiger partial charge on any atom is 0.321 e. The molecule has 2 aromatic rings. The van der Waals surface area contributed by atoms with Crippen molar-refractivity contribution in [3.8, 4) is 0 Å². The highest BCUT2D eigenvalue weighted by molar-refractivity contribution is 7.14. The zero-order chi connectivity index (χ0) is 24.4. The normalized spacial score (nSPS) is 19.7. The Balaban J connectivity index is 1.45. The molecule has 2 aliphatic heterocycles. The van der Waals surface area contributed by atoms with E-state index < -0.39 is 11.9 Å². The summed E-state index contributed by atoms with van der Waals surface area (Å²) in [5.41, 5.74) is 1.01. The molecule has 0 saturated carbocycles. The number of nitrogens with one attached hydrogen (secondary N) is 2. The molecule has 0 radical (unpaired) electrons. The van der Waals surface area contributed by atoms with Gasteiger partial charge in [0, 0.05) is 57.2 Å². The van der Waals surface area contributed by atoms with Crippen molar-refractivity contribution >= 4 is 40.9 Å². The monoisotopic (exact) mass is 488 g/mol. The van der Waals surface area contributed by atoms with Crippen molar-refractivity contribution < 1.29 is 18.8 Å². The first-order chi connectivity index (χ1) is 16.3. The SMILES string of the molecule is CCN(C)C(=O)Nc1cc(CN2C3CCC2CN(c2ccc(C(=O)NC)nc2F)C3)sc1C=O. The van der Waals surface area contributed by atoms with E-state index in [4.69, 9.17) is 0 Å². The maximum atomic E-state index is 14.7. The maximum absolute atomic E-state index is 14.7. The van der Waals surface area contributed by atoms with Crippen molar-refractivity contribution in [3.05, 3.63) is 39.6 Å². The number of thiophene rings is 1. The molecule has 2 fully saturated rings. The molecular weight excluding hydrogens is 459 g/mol. The number of pyridine rings is 1. The van der Waals surface area contributed by atoms with E-state index >= 15 is 0 Å². The summed E-state index contributed by atoms with van der Waals surface area (Å²) in [7, 11) is 3.18. The predicted molar refractivity (Wildman–Crippen MR) is 129 cm³/mol. The number of urea groups is 1. The first-order valence-electron chi connectivity index (χ1n) is 11.3. The molecule has 2 atom stereocenters. The molecule has 4 rings (SSSR count). The first-order valence-corrected chi connectivity index (χ1v) is 12.2. The van der Waals surface area contributed by atoms with Crippen molar-refractivity contribution in [2.75, 3.05) is 43.9 Å². The highest BCUT2D eigenvalue weighted by Gasteiger charge is 2.40. The number of aldehydes is 1. The van der Waals surface area contributed by atoms with Gasteiger partial charge >= 0.3 is 6.03 Å². The summed E-state index contributed by atoms with van der Waals surface area (Å²) < 4.78 is 14.7. The molecule has 3 amide bonds. The number of piperazine rings is 1. The summed E-state index contributed by atoms with van der Waals surface area (Å²) in [5.74, 6) is -1.06. The summed E-state index contributed by atoms with van der Waals surface area (Å²) >= 11 is 1.39. The van der Waals surface area contributed by atoms with Crippen LogP contribution in [0.1, 0.15) is 44.8 Å². The molecule has 34 heavy (non-hydrogen) atoms. The van der Waals surface area contributed by atoms with Gasteiger partial charge in [-0.3, -0.25) is 14.5 Å². The van der Waals surface area contributed by atoms with E-state index in [0.29, 0.717) is 42.4 Å². The topological polar surface area (TPSA) is 97.9 Å². The molecular formula is C23H29FN6O3S. The van der Waals surface area contributed by atoms with E-state index in [2.05, 4.69) is 20.5 Å². The van der Waals surface area contributed by atoms with Gasteiger partial charge in [-0.1, -0.05) is 0 Å². The van der Waals surface area contributed by atoms with Crippen molar-refractivity contribution in [2.45, 2.75) is 38.4 Å². The summed E-state index contributed by atoms with van der Waals surface area (Å²) in [6.07, 6.45) is 2.78. The van der Waals surface area contributed by atoms with Crippen LogP contribution in [0.3, 0.4) is 0 Å². The molecule has 2 saturated heterocycles. The number of rotatable bonds is 7. The second-order valence-corrected chi connectivity index (χ2v) is 9.77. The molecule has 9 nitrogen and oxygen atoms in total. The standard InChI is InChI=1S/C23H29FN6O3S/c1-4-28(3)23(33)27-18-9-16(34-20(18)13-31)12-30-14-5-6-15(30)11-29(10-14)19-8-7-17(22(32)25-2)26-21(19)24/h7-9,13-15H,4-6,10-12H2,1-3H3,(H,25,32)(H,27,33). The fourth-order valence-corrected chi connectivity index (χ4v) is 5.56. The minimum Gasteiger partial charge on any atom is -0.365 e. The molecule has 2 aromatic heterocycles. The Morgan fingerprint density at radius 3 is 2.59 bits per heavy atom. The van der Waals surface area contributed by atoms with Crippen LogP contribution in [-0.2, 0) is 6.54 Å². The van der Waals surface area contributed by atoms with Crippen molar-refractivity contribution in [1.29, 1.82) is 0 Å². The Bertz CT molecular complexity index is 1080. The van der Waals surface area contributed by atoms with Crippen LogP contribution < -0.4 is 15.5 Å². The average molecular weight is 489 g/mol. The van der Waals surface area contributed by atoms with Gasteiger partial charge in [-0.05, 0) is 38.0 Å². The second kappa shape index (κ2) is 10.1. The highest BCUT2D eigenvalue weighted by atomic mass is 32.1. The van der Waals surface area contributed by atoms with Crippen LogP contribution in [0.5, 0.6) is 0 Å². The first kappa shape index (κ1) is 24.1. The van der Waals surface area contributed by atoms with Gasteiger partial charge in [-0.25, -0.2) is 9.78 Å². The third-order valence-corrected chi connectivity index (χ3v) is 7.63. The number of amides is 3. The zero-order valence-electron chi connectivity index (χ0n) is 19.5. The number of hydrogen-bond donors (Lipinski definition) is 2. The molecule has 182 valence electrons. The quantitative estimate of drug-likeness (QED) is 0.460. The van der Waals surface area contributed by atoms with Gasteiger partial charge < -0.3 is 20.4 Å². The van der Waals surface area contributed by atoms with Crippen LogP contribution in [0.15, 0.2) is 18.2 Å². The van der Waals surface area contributed by atoms with Gasteiger partial charge in [0.05, 0.1) is 16.3 Å². The molecule has 2 aliphatic rings. The number of carbonyl (C=O) groups excluding carboxylic acids is 3. The third kappa shape index (κ3) is 4.76. The fraction of sp³-hybridized carbons (Fsp3) is 0.478. The molecule has 4 heterocycles. The summed E-state index contributed by atoms with van der Waals surface area (Å²) in [4.78, 5) is 46.8. The predicted octanol–water partition coefficient (Wildman–Crippen LogP) is 2.79. The van der Waals surface area contributed by atoms with E-state index in [1.165, 1.54) is 18.4 Å². The van der Waals surface area contributed by atoms with Gasteiger partial charge in [0.2, 0.25) is 5.95 Å². The highest BCUT2D eigenvalue weighted by Crippen LogP contribution is 2.36. The van der Waals surface area contributed by atoms with Gasteiger partial charge in [0.15, 0.2) is 6.29 Å². The average Bonchev–Trinajstić information content (AvgIpc) is 3.32. The molecule has 0 spiro atoms. The Kier molecular flexibility index (Phi) is 7.13. The number of anilines is 2. The Labute approximate surface area is 201 Å². The van der Waals surface area contributed by atoms with Crippen molar-refractivity contribution in [2.24, 2.45) is 0 Å². The van der Waals surface area contributed by atoms with E-state index in [9.17, 15) is 18.8 Å². The lowest BCUT2D eigenvalue weighted by Crippen LogP contribution is -2.53. The number of hydrogen-bond acceptors (Lipinski definition) is 7. The summed E-state index contributed by atoms with van der Waals surface area (Å²) in [6, 6.07) is 5.28. The van der Waals surface area contributed by atoms with E-state index in [-0.39, 0.29) is 23.8 Å². The Hall–Kier alpha value is -3.05. The molecule has 0 aromatic carbocycles. The molecule has 11 heteroatoms. The number of fused-ring (bicyclic) bond motifs is 2. The van der Waals surface area contributed by atoms with E-state index in [0.717, 1.165) is 24.0 Å². The van der Waals surface area contributed by atoms with Crippen LogP contribution in [0.25, 0.3) is 0 Å². The number of halogens is 1. The minimum atomic E-state index is -0.639. The lowest BCUT2D eigenvalue weighted by Gasteiger charge is -2.41. The Morgan fingerprint density at radius 1 is 1.29 bits per heavy atom. The van der Waals surface area contributed by atoms with Gasteiger partial charge in [-0.15, -0.1) is 11.3 Å². The Morgan fingerprint density at radius 2 is 2.00 bits per heavy atom. The summed E-state index contributed by atoms with van der Waals surface area (Å²) in [5, 5.41) is 5.28. The minimum absolute atomic E-state index is 0.0575. The molecule has 0 aliphatic carbocycles. The van der Waals surface area contributed by atoms with Crippen LogP contribution in [-0.4, -0.2) is 78.8 Å². The van der Waals surface area contributed by atoms with Crippen molar-refractivity contribution in [3.63, 3.8) is 0 Å². The lowest BCUT2D eigenvalue weighted by atomic mass is 10.1. The van der Waals surface area contributed by atoms with Crippen LogP contribution in [0.4, 0.5) is 20.6 Å².